The zero-order valence-corrected chi connectivity index (χ0v) is 15.7. The number of anilines is 1. The van der Waals surface area contributed by atoms with Crippen LogP contribution in [0.3, 0.4) is 0 Å². The van der Waals surface area contributed by atoms with E-state index in [4.69, 9.17) is 10.5 Å². The van der Waals surface area contributed by atoms with Gasteiger partial charge in [-0.3, -0.25) is 9.79 Å². The van der Waals surface area contributed by atoms with Gasteiger partial charge in [-0.25, -0.2) is 4.39 Å². The smallest absolute Gasteiger partial charge is 0.255 e. The summed E-state index contributed by atoms with van der Waals surface area (Å²) < 4.78 is 20.0. The Morgan fingerprint density at radius 2 is 2.19 bits per heavy atom. The third kappa shape index (κ3) is 3.51. The van der Waals surface area contributed by atoms with E-state index in [1.54, 1.807) is 18.2 Å². The predicted octanol–water partition coefficient (Wildman–Crippen LogP) is 3.68. The lowest BCUT2D eigenvalue weighted by atomic mass is 9.89. The van der Waals surface area contributed by atoms with Crippen molar-refractivity contribution >= 4 is 28.5 Å². The molecular weight excluding hydrogens is 365 g/mol. The molecule has 0 bridgehead atoms. The number of hydrogen-bond acceptors (Lipinski definition) is 5. The molecule has 1 amide bonds. The fraction of sp³-hybridized carbons (Fsp3) is 0.300. The van der Waals surface area contributed by atoms with Crippen molar-refractivity contribution in [2.24, 2.45) is 10.7 Å². The van der Waals surface area contributed by atoms with Crippen molar-refractivity contribution < 1.29 is 13.9 Å². The number of aliphatic imine (C=N–C) groups is 1. The number of nitrogens with zero attached hydrogens (tertiary/aromatic N) is 1. The van der Waals surface area contributed by atoms with Crippen LogP contribution >= 0.6 is 11.8 Å². The number of fused-ring (bicyclic) bond motifs is 1. The molecule has 4 rings (SSSR count). The highest BCUT2D eigenvalue weighted by atomic mass is 32.2. The average Bonchev–Trinajstić information content (AvgIpc) is 3.10. The first-order valence-corrected chi connectivity index (χ1v) is 9.78. The molecule has 0 saturated carbocycles. The number of thioether (sulfide) groups is 1. The largest absolute Gasteiger partial charge is 0.493 e. The zero-order valence-electron chi connectivity index (χ0n) is 14.9. The van der Waals surface area contributed by atoms with Crippen LogP contribution in [-0.2, 0) is 12.0 Å². The predicted molar refractivity (Wildman–Crippen MR) is 106 cm³/mol. The number of ether oxygens (including phenoxy) is 1. The Kier molecular flexibility index (Phi) is 4.55. The molecule has 0 radical (unpaired) electrons. The fourth-order valence-corrected chi connectivity index (χ4v) is 4.40. The van der Waals surface area contributed by atoms with Crippen LogP contribution in [0.2, 0.25) is 0 Å². The van der Waals surface area contributed by atoms with Gasteiger partial charge in [0, 0.05) is 29.0 Å². The number of nitrogens with one attached hydrogen (secondary N) is 1. The maximum absolute atomic E-state index is 14.5. The number of carbonyl (C=O) groups is 1. The standard InChI is InChI=1S/C20H20FN3O2S/c1-20(7-9-27-19(22)24-20)15-11-14(3-4-16(15)21)23-18(25)13-2-5-17-12(10-13)6-8-26-17/h2-5,10-11H,6-9H2,1H3,(H2,22,24)(H,23,25). The van der Waals surface area contributed by atoms with E-state index in [0.717, 1.165) is 23.5 Å². The van der Waals surface area contributed by atoms with E-state index in [0.29, 0.717) is 35.0 Å². The molecule has 5 nitrogen and oxygen atoms in total. The molecule has 0 saturated heterocycles. The van der Waals surface area contributed by atoms with E-state index in [1.165, 1.54) is 17.8 Å². The second-order valence-corrected chi connectivity index (χ2v) is 8.01. The minimum absolute atomic E-state index is 0.241. The quantitative estimate of drug-likeness (QED) is 0.845. The van der Waals surface area contributed by atoms with Gasteiger partial charge in [0.15, 0.2) is 5.17 Å². The Morgan fingerprint density at radius 1 is 1.33 bits per heavy atom. The summed E-state index contributed by atoms with van der Waals surface area (Å²) in [5.41, 5.74) is 7.66. The Morgan fingerprint density at radius 3 is 3.00 bits per heavy atom. The molecule has 27 heavy (non-hydrogen) atoms. The normalized spacial score (nSPS) is 21.2. The van der Waals surface area contributed by atoms with E-state index in [-0.39, 0.29) is 11.7 Å². The van der Waals surface area contributed by atoms with Crippen LogP contribution in [0.5, 0.6) is 5.75 Å². The van der Waals surface area contributed by atoms with Crippen LogP contribution < -0.4 is 15.8 Å². The van der Waals surface area contributed by atoms with E-state index in [9.17, 15) is 9.18 Å². The summed E-state index contributed by atoms with van der Waals surface area (Å²) in [6.07, 6.45) is 1.48. The molecule has 140 valence electrons. The van der Waals surface area contributed by atoms with Gasteiger partial charge in [-0.05, 0) is 55.3 Å². The van der Waals surface area contributed by atoms with Crippen LogP contribution in [0, 0.1) is 5.82 Å². The summed E-state index contributed by atoms with van der Waals surface area (Å²) in [5.74, 6) is 1.01. The zero-order chi connectivity index (χ0) is 19.0. The third-order valence-corrected chi connectivity index (χ3v) is 5.75. The third-order valence-electron chi connectivity index (χ3n) is 4.95. The van der Waals surface area contributed by atoms with Crippen LogP contribution in [0.15, 0.2) is 41.4 Å². The van der Waals surface area contributed by atoms with Gasteiger partial charge in [0.05, 0.1) is 12.1 Å². The number of rotatable bonds is 3. The lowest BCUT2D eigenvalue weighted by molar-refractivity contribution is 0.102. The first-order chi connectivity index (χ1) is 12.9. The SMILES string of the molecule is CC1(c2cc(NC(=O)c3ccc4c(c3)CCO4)ccc2F)CCSC(N)=N1. The van der Waals surface area contributed by atoms with Crippen molar-refractivity contribution in [3.8, 4) is 5.75 Å². The highest BCUT2D eigenvalue weighted by Gasteiger charge is 2.32. The highest BCUT2D eigenvalue weighted by Crippen LogP contribution is 2.37. The summed E-state index contributed by atoms with van der Waals surface area (Å²) in [7, 11) is 0. The average molecular weight is 385 g/mol. The summed E-state index contributed by atoms with van der Waals surface area (Å²) in [5, 5.41) is 3.31. The molecule has 0 aliphatic carbocycles. The monoisotopic (exact) mass is 385 g/mol. The Balaban J connectivity index is 1.60. The second-order valence-electron chi connectivity index (χ2n) is 6.89. The molecule has 7 heteroatoms. The lowest BCUT2D eigenvalue weighted by Gasteiger charge is -2.30. The van der Waals surface area contributed by atoms with Crippen molar-refractivity contribution in [1.29, 1.82) is 0 Å². The molecular formula is C20H20FN3O2S. The van der Waals surface area contributed by atoms with E-state index in [2.05, 4.69) is 10.3 Å². The summed E-state index contributed by atoms with van der Waals surface area (Å²) >= 11 is 1.47. The Hall–Kier alpha value is -2.54. The number of amides is 1. The number of halogens is 1. The van der Waals surface area contributed by atoms with Crippen molar-refractivity contribution in [3.05, 3.63) is 58.9 Å². The number of amidine groups is 1. The van der Waals surface area contributed by atoms with Gasteiger partial charge in [-0.2, -0.15) is 0 Å². The minimum atomic E-state index is -0.731. The van der Waals surface area contributed by atoms with Crippen molar-refractivity contribution in [1.82, 2.24) is 0 Å². The van der Waals surface area contributed by atoms with Crippen molar-refractivity contribution in [3.63, 3.8) is 0 Å². The summed E-state index contributed by atoms with van der Waals surface area (Å²) in [4.78, 5) is 17.1. The highest BCUT2D eigenvalue weighted by molar-refractivity contribution is 8.13. The van der Waals surface area contributed by atoms with Crippen molar-refractivity contribution in [2.75, 3.05) is 17.7 Å². The lowest BCUT2D eigenvalue weighted by Crippen LogP contribution is -2.29. The van der Waals surface area contributed by atoms with E-state index >= 15 is 0 Å². The van der Waals surface area contributed by atoms with E-state index < -0.39 is 5.54 Å². The fourth-order valence-electron chi connectivity index (χ4n) is 3.43. The number of carbonyl (C=O) groups excluding carboxylic acids is 1. The van der Waals surface area contributed by atoms with Gasteiger partial charge >= 0.3 is 0 Å². The maximum atomic E-state index is 14.5. The topological polar surface area (TPSA) is 76.7 Å². The van der Waals surface area contributed by atoms with Crippen LogP contribution in [-0.4, -0.2) is 23.4 Å². The van der Waals surface area contributed by atoms with Gasteiger partial charge in [0.1, 0.15) is 11.6 Å². The molecule has 2 aliphatic heterocycles. The first-order valence-electron chi connectivity index (χ1n) is 8.80. The molecule has 0 fully saturated rings. The molecule has 2 aromatic rings. The molecule has 3 N–H and O–H groups in total. The molecule has 2 heterocycles. The van der Waals surface area contributed by atoms with E-state index in [1.807, 2.05) is 19.1 Å². The van der Waals surface area contributed by atoms with Crippen LogP contribution in [0.4, 0.5) is 10.1 Å². The minimum Gasteiger partial charge on any atom is -0.493 e. The molecule has 2 aromatic carbocycles. The van der Waals surface area contributed by atoms with Gasteiger partial charge in [-0.15, -0.1) is 0 Å². The first kappa shape index (κ1) is 17.9. The molecule has 0 spiro atoms. The second kappa shape index (κ2) is 6.88. The number of hydrogen-bond donors (Lipinski definition) is 2. The summed E-state index contributed by atoms with van der Waals surface area (Å²) in [6.45, 7) is 2.51. The molecule has 0 aromatic heterocycles. The van der Waals surface area contributed by atoms with Gasteiger partial charge in [-0.1, -0.05) is 11.8 Å². The van der Waals surface area contributed by atoms with Gasteiger partial charge in [0.25, 0.3) is 5.91 Å². The Bertz CT molecular complexity index is 947. The van der Waals surface area contributed by atoms with Crippen LogP contribution in [0.1, 0.15) is 34.8 Å². The Labute approximate surface area is 161 Å². The molecule has 1 atom stereocenters. The van der Waals surface area contributed by atoms with Crippen molar-refractivity contribution in [2.45, 2.75) is 25.3 Å². The molecule has 2 aliphatic rings. The maximum Gasteiger partial charge on any atom is 0.255 e. The van der Waals surface area contributed by atoms with Crippen LogP contribution in [0.25, 0.3) is 0 Å². The van der Waals surface area contributed by atoms with Gasteiger partial charge in [0.2, 0.25) is 0 Å². The number of nitrogens with two attached hydrogens (primary N) is 1. The van der Waals surface area contributed by atoms with Gasteiger partial charge < -0.3 is 15.8 Å². The molecule has 1 unspecified atom stereocenters. The summed E-state index contributed by atoms with van der Waals surface area (Å²) in [6, 6.07) is 9.95. The number of benzene rings is 2.